The maximum absolute atomic E-state index is 9.00. The Hall–Kier alpha value is -9.06. The van der Waals surface area contributed by atoms with Crippen LogP contribution in [0.15, 0.2) is 218 Å². The molecule has 1 atom stereocenters. The smallest absolute Gasteiger partial charge is 0.252 e. The van der Waals surface area contributed by atoms with Crippen LogP contribution in [0.5, 0.6) is 0 Å². The molecule has 1 unspecified atom stereocenters. The number of nitrogens with zero attached hydrogens (tertiary/aromatic N) is 4. The first-order valence-corrected chi connectivity index (χ1v) is 25.4. The summed E-state index contributed by atoms with van der Waals surface area (Å²) in [7, 11) is 0. The maximum atomic E-state index is 9.00. The van der Waals surface area contributed by atoms with Crippen molar-refractivity contribution in [2.45, 2.75) is 40.0 Å². The lowest BCUT2D eigenvalue weighted by atomic mass is 9.33. The van der Waals surface area contributed by atoms with E-state index in [9.17, 15) is 0 Å². The molecule has 15 rings (SSSR count). The molecule has 3 heterocycles. The van der Waals surface area contributed by atoms with Crippen molar-refractivity contribution in [3.63, 3.8) is 0 Å². The lowest BCUT2D eigenvalue weighted by Crippen LogP contribution is -2.61. The van der Waals surface area contributed by atoms with Crippen LogP contribution in [-0.4, -0.2) is 16.7 Å². The highest BCUT2D eigenvalue weighted by Gasteiger charge is 2.53. The topological polar surface area (TPSA) is 32.3 Å². The largest absolute Gasteiger partial charge is 0.311 e. The monoisotopic (exact) mass is 968 g/mol. The molecule has 2 aliphatic carbocycles. The number of hydrogen-bond donors (Lipinski definition) is 0. The molecule has 0 N–H and O–H groups in total. The van der Waals surface area contributed by atoms with Crippen molar-refractivity contribution in [3.05, 3.63) is 268 Å². The van der Waals surface area contributed by atoms with Crippen molar-refractivity contribution >= 4 is 57.2 Å². The van der Waals surface area contributed by atoms with Crippen LogP contribution < -0.4 is 26.2 Å². The second-order valence-electron chi connectivity index (χ2n) is 20.5. The van der Waals surface area contributed by atoms with Gasteiger partial charge in [0.15, 0.2) is 5.82 Å². The number of anilines is 6. The molecule has 354 valence electrons. The molecule has 75 heavy (non-hydrogen) atoms. The van der Waals surface area contributed by atoms with E-state index in [1.807, 2.05) is 18.2 Å². The number of aromatic nitrogens is 2. The number of fused-ring (bicyclic) bond motifs is 14. The number of rotatable bonds is 5. The molecule has 0 bridgehead atoms. The fourth-order valence-corrected chi connectivity index (χ4v) is 13.0. The highest BCUT2D eigenvalue weighted by atomic mass is 15.2. The summed E-state index contributed by atoms with van der Waals surface area (Å²) in [5, 5.41) is 0. The first-order valence-electron chi connectivity index (χ1n) is 30.4. The predicted molar refractivity (Wildman–Crippen MR) is 312 cm³/mol. The highest BCUT2D eigenvalue weighted by molar-refractivity contribution is 7.00. The van der Waals surface area contributed by atoms with Crippen molar-refractivity contribution in [2.24, 2.45) is 0 Å². The lowest BCUT2D eigenvalue weighted by molar-refractivity contribution is 0.794. The van der Waals surface area contributed by atoms with Gasteiger partial charge >= 0.3 is 0 Å². The lowest BCUT2D eigenvalue weighted by Gasteiger charge is -2.45. The molecule has 2 aliphatic heterocycles. The normalized spacial score (nSPS) is 16.8. The molecule has 10 aromatic carbocycles. The van der Waals surface area contributed by atoms with E-state index in [0.29, 0.717) is 5.56 Å². The van der Waals surface area contributed by atoms with Gasteiger partial charge in [0.2, 0.25) is 0 Å². The third-order valence-corrected chi connectivity index (χ3v) is 15.9. The number of aryl methyl sites for hydroxylation is 5. The third kappa shape index (κ3) is 6.31. The Morgan fingerprint density at radius 3 is 1.67 bits per heavy atom. The zero-order chi connectivity index (χ0) is 59.0. The number of hydrogen-bond acceptors (Lipinski definition) is 4. The van der Waals surface area contributed by atoms with Crippen molar-refractivity contribution in [1.82, 2.24) is 9.97 Å². The van der Waals surface area contributed by atoms with E-state index >= 15 is 0 Å². The van der Waals surface area contributed by atoms with Crippen LogP contribution in [0, 0.1) is 34.6 Å². The Morgan fingerprint density at radius 2 is 0.987 bits per heavy atom. The molecule has 0 fully saturated rings. The van der Waals surface area contributed by atoms with Gasteiger partial charge in [-0.1, -0.05) is 169 Å². The van der Waals surface area contributed by atoms with Crippen LogP contribution in [-0.2, 0) is 5.41 Å². The summed E-state index contributed by atoms with van der Waals surface area (Å²) in [6, 6.07) is 51.3. The van der Waals surface area contributed by atoms with E-state index < -0.39 is 65.8 Å². The van der Waals surface area contributed by atoms with E-state index in [-0.39, 0.29) is 35.1 Å². The SMILES string of the molecule is [2H]c1c([2H])c([2H])c(-c2cc(-c3c([2H])c([2H])c([2H])c([2H])c3[2H])nc(-c3ccc4c(c3)-c3ccccc3C43c4ccccc4-c4cc5c(cc43)N(c3ccc(C)cc3C)c3cc(C)cc4c3B5c3ccc(C)cc3N4c3cccc(C)c3)n2)c([2H])c1[2H]. The fraction of sp³-hybridized carbons (Fsp3) is 0.0857. The Labute approximate surface area is 453 Å². The van der Waals surface area contributed by atoms with Crippen LogP contribution in [0.4, 0.5) is 34.1 Å². The standard InChI is InChI=1S/C70H51BN4/c1-42-17-16-22-50(34-42)74-64-35-44(3)27-31-59(64)71-60-39-54-52-24-13-15-26-56(52)70(58(54)40-65(60)75(63-32-28-43(2)33-46(63)5)67-37-45(4)36-66(74)68(67)71)55-25-14-12-23-51(55)53-38-49(29-30-57(53)70)69-72-61(47-18-8-6-9-19-47)41-62(73-69)48-20-10-7-11-21-48/h6-41H,1-5H3/i6D,7D,8D,9D,10D,11D,18D,19D,20D,21D. The Balaban J connectivity index is 0.996. The van der Waals surface area contributed by atoms with Crippen molar-refractivity contribution in [2.75, 3.05) is 9.80 Å². The summed E-state index contributed by atoms with van der Waals surface area (Å²) in [5.74, 6) is 0.0648. The summed E-state index contributed by atoms with van der Waals surface area (Å²) < 4.78 is 87.1. The highest BCUT2D eigenvalue weighted by Crippen LogP contribution is 2.64. The zero-order valence-electron chi connectivity index (χ0n) is 51.9. The van der Waals surface area contributed by atoms with E-state index in [2.05, 4.69) is 178 Å². The molecule has 1 spiro atoms. The fourth-order valence-electron chi connectivity index (χ4n) is 13.0. The Bertz CT molecular complexity index is 4700. The molecule has 11 aromatic rings. The van der Waals surface area contributed by atoms with Crippen molar-refractivity contribution in [3.8, 4) is 56.2 Å². The van der Waals surface area contributed by atoms with Gasteiger partial charge in [-0.05, 0) is 172 Å². The van der Waals surface area contributed by atoms with Gasteiger partial charge in [-0.25, -0.2) is 9.97 Å². The van der Waals surface area contributed by atoms with Gasteiger partial charge in [-0.2, -0.15) is 0 Å². The molecule has 0 radical (unpaired) electrons. The van der Waals surface area contributed by atoms with Crippen LogP contribution in [0.25, 0.3) is 56.2 Å². The molecule has 0 amide bonds. The van der Waals surface area contributed by atoms with E-state index in [4.69, 9.17) is 23.7 Å². The summed E-state index contributed by atoms with van der Waals surface area (Å²) in [6.45, 7) is 10.7. The van der Waals surface area contributed by atoms with E-state index in [1.54, 1.807) is 0 Å². The van der Waals surface area contributed by atoms with Crippen molar-refractivity contribution < 1.29 is 13.7 Å². The second-order valence-corrected chi connectivity index (χ2v) is 20.5. The van der Waals surface area contributed by atoms with Gasteiger partial charge in [0.25, 0.3) is 6.71 Å². The average molecular weight is 969 g/mol. The first kappa shape index (κ1) is 34.4. The van der Waals surface area contributed by atoms with Crippen LogP contribution >= 0.6 is 0 Å². The predicted octanol–water partition coefficient (Wildman–Crippen LogP) is 15.4. The van der Waals surface area contributed by atoms with E-state index in [0.717, 1.165) is 89.8 Å². The summed E-state index contributed by atoms with van der Waals surface area (Å²) >= 11 is 0. The van der Waals surface area contributed by atoms with Gasteiger partial charge < -0.3 is 9.80 Å². The van der Waals surface area contributed by atoms with Gasteiger partial charge in [0.1, 0.15) is 0 Å². The molecular formula is C70H51BN4. The zero-order valence-corrected chi connectivity index (χ0v) is 41.9. The quantitative estimate of drug-likeness (QED) is 0.161. The summed E-state index contributed by atoms with van der Waals surface area (Å²) in [6.07, 6.45) is 0. The number of benzene rings is 10. The van der Waals surface area contributed by atoms with Crippen LogP contribution in [0.2, 0.25) is 0 Å². The summed E-state index contributed by atoms with van der Waals surface area (Å²) in [5.41, 5.74) is 23.8. The summed E-state index contributed by atoms with van der Waals surface area (Å²) in [4.78, 5) is 14.9. The van der Waals surface area contributed by atoms with Crippen LogP contribution in [0.3, 0.4) is 0 Å². The molecule has 5 heteroatoms. The van der Waals surface area contributed by atoms with Crippen molar-refractivity contribution in [1.29, 1.82) is 0 Å². The maximum Gasteiger partial charge on any atom is 0.252 e. The minimum Gasteiger partial charge on any atom is -0.311 e. The minimum absolute atomic E-state index is 0.0648. The molecule has 0 saturated carbocycles. The molecule has 1 aromatic heterocycles. The van der Waals surface area contributed by atoms with Gasteiger partial charge in [-0.3, -0.25) is 0 Å². The second kappa shape index (κ2) is 16.2. The Kier molecular flexibility index (Phi) is 7.44. The molecular weight excluding hydrogens is 908 g/mol. The first-order chi connectivity index (χ1) is 40.9. The molecule has 4 nitrogen and oxygen atoms in total. The van der Waals surface area contributed by atoms with Gasteiger partial charge in [0.05, 0.1) is 30.5 Å². The van der Waals surface area contributed by atoms with Crippen LogP contribution in [0.1, 0.15) is 63.8 Å². The average Bonchev–Trinajstić information content (AvgIpc) is 1.63. The minimum atomic E-state index is -0.838. The Morgan fingerprint density at radius 1 is 0.400 bits per heavy atom. The van der Waals surface area contributed by atoms with E-state index in [1.165, 1.54) is 39.1 Å². The van der Waals surface area contributed by atoms with Gasteiger partial charge in [-0.15, -0.1) is 0 Å². The third-order valence-electron chi connectivity index (χ3n) is 15.9. The van der Waals surface area contributed by atoms with Gasteiger partial charge in [0, 0.05) is 50.8 Å². The molecule has 0 saturated heterocycles. The molecule has 4 aliphatic rings.